The van der Waals surface area contributed by atoms with Crippen molar-refractivity contribution in [2.45, 2.75) is 26.7 Å². The van der Waals surface area contributed by atoms with Gasteiger partial charge in [0.1, 0.15) is 11.6 Å². The van der Waals surface area contributed by atoms with Gasteiger partial charge in [-0.1, -0.05) is 25.5 Å². The average Bonchev–Trinajstić information content (AvgIpc) is 3.10. The molecule has 2 heterocycles. The molecule has 3 aromatic rings. The lowest BCUT2D eigenvalue weighted by molar-refractivity contribution is 0.759. The van der Waals surface area contributed by atoms with Gasteiger partial charge in [-0.3, -0.25) is 5.10 Å². The number of rotatable bonds is 8. The fourth-order valence-corrected chi connectivity index (χ4v) is 2.87. The van der Waals surface area contributed by atoms with E-state index in [0.717, 1.165) is 53.8 Å². The van der Waals surface area contributed by atoms with E-state index in [9.17, 15) is 0 Å². The smallest absolute Gasteiger partial charge is 0.163 e. The Morgan fingerprint density at radius 3 is 2.54 bits per heavy atom. The highest BCUT2D eigenvalue weighted by Gasteiger charge is 2.12. The summed E-state index contributed by atoms with van der Waals surface area (Å²) < 4.78 is 0. The second kappa shape index (κ2) is 8.73. The predicted molar refractivity (Wildman–Crippen MR) is 117 cm³/mol. The molecule has 0 spiro atoms. The number of benzene rings is 1. The number of hydrogen-bond acceptors (Lipinski definition) is 6. The van der Waals surface area contributed by atoms with Gasteiger partial charge in [-0.05, 0) is 25.5 Å². The zero-order chi connectivity index (χ0) is 20.1. The Bertz CT molecular complexity index is 917. The van der Waals surface area contributed by atoms with Crippen LogP contribution in [0.15, 0.2) is 36.4 Å². The Kier molecular flexibility index (Phi) is 6.13. The fraction of sp³-hybridized carbons (Fsp3) is 0.381. The van der Waals surface area contributed by atoms with Gasteiger partial charge in [0, 0.05) is 56.8 Å². The summed E-state index contributed by atoms with van der Waals surface area (Å²) in [5.74, 6) is 3.05. The summed E-state index contributed by atoms with van der Waals surface area (Å²) in [5.41, 5.74) is 3.09. The summed E-state index contributed by atoms with van der Waals surface area (Å²) in [7, 11) is 6.13. The molecular weight excluding hydrogens is 350 g/mol. The molecule has 148 valence electrons. The molecule has 0 radical (unpaired) electrons. The molecule has 0 aliphatic carbocycles. The normalized spacial score (nSPS) is 10.8. The summed E-state index contributed by atoms with van der Waals surface area (Å²) >= 11 is 0. The highest BCUT2D eigenvalue weighted by atomic mass is 15.2. The van der Waals surface area contributed by atoms with Gasteiger partial charge in [-0.2, -0.15) is 5.10 Å². The average molecular weight is 380 g/mol. The van der Waals surface area contributed by atoms with Crippen molar-refractivity contribution in [1.29, 1.82) is 0 Å². The van der Waals surface area contributed by atoms with E-state index >= 15 is 0 Å². The van der Waals surface area contributed by atoms with Crippen molar-refractivity contribution in [3.63, 3.8) is 0 Å². The van der Waals surface area contributed by atoms with Crippen LogP contribution >= 0.6 is 0 Å². The zero-order valence-corrected chi connectivity index (χ0v) is 17.3. The van der Waals surface area contributed by atoms with Crippen LogP contribution in [0.1, 0.15) is 25.5 Å². The molecule has 0 saturated heterocycles. The van der Waals surface area contributed by atoms with Gasteiger partial charge in [-0.25, -0.2) is 9.97 Å². The number of nitrogens with zero attached hydrogens (tertiary/aromatic N) is 5. The van der Waals surface area contributed by atoms with Gasteiger partial charge in [0.2, 0.25) is 0 Å². The van der Waals surface area contributed by atoms with Crippen LogP contribution in [0.2, 0.25) is 0 Å². The monoisotopic (exact) mass is 379 g/mol. The number of aryl methyl sites for hydroxylation is 1. The van der Waals surface area contributed by atoms with E-state index in [1.165, 1.54) is 0 Å². The largest absolute Gasteiger partial charge is 0.378 e. The second-order valence-corrected chi connectivity index (χ2v) is 7.22. The van der Waals surface area contributed by atoms with E-state index in [2.05, 4.69) is 51.4 Å². The summed E-state index contributed by atoms with van der Waals surface area (Å²) in [6.07, 6.45) is 2.26. The molecule has 0 amide bonds. The van der Waals surface area contributed by atoms with Gasteiger partial charge in [-0.15, -0.1) is 0 Å². The molecule has 2 N–H and O–H groups in total. The fourth-order valence-electron chi connectivity index (χ4n) is 2.87. The first kappa shape index (κ1) is 19.7. The van der Waals surface area contributed by atoms with Crippen molar-refractivity contribution >= 4 is 23.1 Å². The molecule has 7 heteroatoms. The lowest BCUT2D eigenvalue weighted by atomic mass is 10.2. The minimum atomic E-state index is 0.694. The number of nitrogens with one attached hydrogen (secondary N) is 2. The molecule has 0 aliphatic heterocycles. The molecule has 0 unspecified atom stereocenters. The highest BCUT2D eigenvalue weighted by molar-refractivity contribution is 5.67. The summed E-state index contributed by atoms with van der Waals surface area (Å²) in [4.78, 5) is 13.8. The van der Waals surface area contributed by atoms with Gasteiger partial charge >= 0.3 is 0 Å². The van der Waals surface area contributed by atoms with Crippen molar-refractivity contribution in [1.82, 2.24) is 20.2 Å². The number of aromatic nitrogens is 4. The van der Waals surface area contributed by atoms with Crippen molar-refractivity contribution in [2.75, 3.05) is 42.8 Å². The van der Waals surface area contributed by atoms with Gasteiger partial charge in [0.15, 0.2) is 11.6 Å². The molecule has 0 atom stereocenters. The minimum Gasteiger partial charge on any atom is -0.378 e. The van der Waals surface area contributed by atoms with Crippen molar-refractivity contribution in [3.8, 4) is 11.4 Å². The number of H-pyrrole nitrogens is 1. The van der Waals surface area contributed by atoms with E-state index in [1.54, 1.807) is 0 Å². The summed E-state index contributed by atoms with van der Waals surface area (Å²) in [6.45, 7) is 5.12. The number of unbranched alkanes of at least 4 members (excludes halogenated alkanes) is 1. The van der Waals surface area contributed by atoms with Crippen molar-refractivity contribution in [3.05, 3.63) is 42.1 Å². The van der Waals surface area contributed by atoms with Gasteiger partial charge in [0.05, 0.1) is 0 Å². The first-order chi connectivity index (χ1) is 13.5. The number of aromatic amines is 1. The third kappa shape index (κ3) is 4.79. The summed E-state index contributed by atoms with van der Waals surface area (Å²) in [6, 6.07) is 12.2. The maximum absolute atomic E-state index is 4.83. The molecule has 0 fully saturated rings. The number of anilines is 4. The van der Waals surface area contributed by atoms with Gasteiger partial charge in [0.25, 0.3) is 0 Å². The summed E-state index contributed by atoms with van der Waals surface area (Å²) in [5, 5.41) is 10.5. The van der Waals surface area contributed by atoms with Crippen LogP contribution < -0.4 is 15.1 Å². The van der Waals surface area contributed by atoms with E-state index in [0.29, 0.717) is 5.82 Å². The van der Waals surface area contributed by atoms with Crippen LogP contribution in [0.5, 0.6) is 0 Å². The minimum absolute atomic E-state index is 0.694. The van der Waals surface area contributed by atoms with Crippen LogP contribution in [0.25, 0.3) is 11.4 Å². The van der Waals surface area contributed by atoms with E-state index < -0.39 is 0 Å². The van der Waals surface area contributed by atoms with Gasteiger partial charge < -0.3 is 15.1 Å². The lowest BCUT2D eigenvalue weighted by Gasteiger charge is -2.20. The quantitative estimate of drug-likeness (QED) is 0.610. The van der Waals surface area contributed by atoms with Crippen LogP contribution in [0.3, 0.4) is 0 Å². The van der Waals surface area contributed by atoms with Crippen LogP contribution in [-0.4, -0.2) is 47.9 Å². The molecule has 0 bridgehead atoms. The Labute approximate surface area is 166 Å². The Morgan fingerprint density at radius 2 is 1.86 bits per heavy atom. The molecule has 1 aromatic carbocycles. The lowest BCUT2D eigenvalue weighted by Crippen LogP contribution is -2.20. The first-order valence-electron chi connectivity index (χ1n) is 9.63. The first-order valence-corrected chi connectivity index (χ1v) is 9.63. The third-order valence-electron chi connectivity index (χ3n) is 4.53. The topological polar surface area (TPSA) is 73.0 Å². The van der Waals surface area contributed by atoms with E-state index in [4.69, 9.17) is 9.97 Å². The second-order valence-electron chi connectivity index (χ2n) is 7.22. The van der Waals surface area contributed by atoms with E-state index in [-0.39, 0.29) is 0 Å². The molecule has 2 aromatic heterocycles. The zero-order valence-electron chi connectivity index (χ0n) is 17.3. The predicted octanol–water partition coefficient (Wildman–Crippen LogP) is 4.22. The standard InChI is InChI=1S/C21H29N7/c1-6-7-11-28(5)20-14-18(22-19-12-15(2)25-26-19)23-21(24-20)16-9-8-10-17(13-16)27(3)4/h8-10,12-14H,6-7,11H2,1-5H3,(H2,22,23,24,25,26). The molecule has 0 aliphatic rings. The maximum Gasteiger partial charge on any atom is 0.163 e. The molecule has 7 nitrogen and oxygen atoms in total. The molecule has 28 heavy (non-hydrogen) atoms. The highest BCUT2D eigenvalue weighted by Crippen LogP contribution is 2.26. The van der Waals surface area contributed by atoms with E-state index in [1.807, 2.05) is 45.3 Å². The van der Waals surface area contributed by atoms with Crippen LogP contribution in [0.4, 0.5) is 23.1 Å². The molecule has 0 saturated carbocycles. The Morgan fingerprint density at radius 1 is 1.04 bits per heavy atom. The van der Waals surface area contributed by atoms with Crippen molar-refractivity contribution < 1.29 is 0 Å². The SMILES string of the molecule is CCCCN(C)c1cc(Nc2cc(C)[nH]n2)nc(-c2cccc(N(C)C)c2)n1. The molecule has 3 rings (SSSR count). The third-order valence-corrected chi connectivity index (χ3v) is 4.53. The van der Waals surface area contributed by atoms with Crippen molar-refractivity contribution in [2.24, 2.45) is 0 Å². The Balaban J connectivity index is 2.00. The Hall–Kier alpha value is -3.09. The number of hydrogen-bond donors (Lipinski definition) is 2. The molecular formula is C21H29N7. The maximum atomic E-state index is 4.83. The van der Waals surface area contributed by atoms with Crippen LogP contribution in [0, 0.1) is 6.92 Å². The van der Waals surface area contributed by atoms with Crippen LogP contribution in [-0.2, 0) is 0 Å².